The van der Waals surface area contributed by atoms with Crippen molar-refractivity contribution in [3.8, 4) is 0 Å². The van der Waals surface area contributed by atoms with Gasteiger partial charge in [-0.15, -0.1) is 0 Å². The summed E-state index contributed by atoms with van der Waals surface area (Å²) in [6, 6.07) is 9.41. The van der Waals surface area contributed by atoms with E-state index in [-0.39, 0.29) is 18.1 Å². The predicted octanol–water partition coefficient (Wildman–Crippen LogP) is 3.11. The van der Waals surface area contributed by atoms with Gasteiger partial charge in [-0.2, -0.15) is 0 Å². The number of amides is 2. The van der Waals surface area contributed by atoms with Gasteiger partial charge in [0.25, 0.3) is 0 Å². The number of halogens is 2. The minimum Gasteiger partial charge on any atom is -0.355 e. The smallest absolute Gasteiger partial charge is 0.244 e. The van der Waals surface area contributed by atoms with Gasteiger partial charge < -0.3 is 10.2 Å². The first-order chi connectivity index (χ1) is 14.9. The Balaban J connectivity index is 2.42. The minimum absolute atomic E-state index is 0.00352. The van der Waals surface area contributed by atoms with Gasteiger partial charge in [-0.3, -0.25) is 13.9 Å². The molecule has 0 heterocycles. The van der Waals surface area contributed by atoms with Crippen LogP contribution in [0.2, 0.25) is 5.02 Å². The van der Waals surface area contributed by atoms with Crippen LogP contribution in [0.1, 0.15) is 25.0 Å². The van der Waals surface area contributed by atoms with E-state index in [1.807, 2.05) is 0 Å². The number of carbonyl (C=O) groups is 2. The fraction of sp³-hybridized carbons (Fsp3) is 0.364. The number of nitrogens with zero attached hydrogens (tertiary/aromatic N) is 2. The largest absolute Gasteiger partial charge is 0.355 e. The average Bonchev–Trinajstić information content (AvgIpc) is 2.72. The molecule has 1 atom stereocenters. The molecule has 2 rings (SSSR count). The number of anilines is 1. The van der Waals surface area contributed by atoms with Gasteiger partial charge in [0, 0.05) is 18.1 Å². The van der Waals surface area contributed by atoms with Gasteiger partial charge in [0.1, 0.15) is 18.4 Å². The molecule has 0 spiro atoms. The molecule has 7 nitrogen and oxygen atoms in total. The maximum atomic E-state index is 13.3. The number of benzene rings is 2. The number of sulfonamides is 1. The summed E-state index contributed by atoms with van der Waals surface area (Å²) in [6.45, 7) is 4.88. The summed E-state index contributed by atoms with van der Waals surface area (Å²) in [5.41, 5.74) is 1.50. The normalized spacial score (nSPS) is 12.2. The van der Waals surface area contributed by atoms with Crippen LogP contribution in [0, 0.1) is 12.7 Å². The molecule has 174 valence electrons. The van der Waals surface area contributed by atoms with E-state index >= 15 is 0 Å². The topological polar surface area (TPSA) is 86.8 Å². The molecule has 2 aromatic rings. The molecule has 0 aromatic heterocycles. The number of nitrogens with one attached hydrogen (secondary N) is 1. The summed E-state index contributed by atoms with van der Waals surface area (Å²) in [7, 11) is -3.84. The fourth-order valence-corrected chi connectivity index (χ4v) is 4.20. The lowest BCUT2D eigenvalue weighted by Crippen LogP contribution is -2.51. The summed E-state index contributed by atoms with van der Waals surface area (Å²) < 4.78 is 39.4. The van der Waals surface area contributed by atoms with Crippen molar-refractivity contribution < 1.29 is 22.4 Å². The standard InChI is InChI=1S/C22H27ClFN3O4S/c1-5-25-22(29)16(3)26(13-17-7-10-19(24)11-8-17)21(28)14-27(32(4,30)31)20-12-18(23)9-6-15(20)2/h6-12,16H,5,13-14H2,1-4H3,(H,25,29). The zero-order valence-electron chi connectivity index (χ0n) is 18.4. The Morgan fingerprint density at radius 1 is 1.16 bits per heavy atom. The van der Waals surface area contributed by atoms with Crippen LogP contribution in [0.15, 0.2) is 42.5 Å². The molecule has 0 saturated heterocycles. The van der Waals surface area contributed by atoms with Crippen LogP contribution in [0.25, 0.3) is 0 Å². The van der Waals surface area contributed by atoms with Gasteiger partial charge in [-0.1, -0.05) is 29.8 Å². The first-order valence-corrected chi connectivity index (χ1v) is 12.2. The fourth-order valence-electron chi connectivity index (χ4n) is 3.14. The number of likely N-dealkylation sites (N-methyl/N-ethyl adjacent to an activating group) is 1. The van der Waals surface area contributed by atoms with E-state index in [4.69, 9.17) is 11.6 Å². The highest BCUT2D eigenvalue weighted by Crippen LogP contribution is 2.26. The minimum atomic E-state index is -3.84. The molecular weight excluding hydrogens is 457 g/mol. The second kappa shape index (κ2) is 10.8. The van der Waals surface area contributed by atoms with Crippen LogP contribution in [0.4, 0.5) is 10.1 Å². The highest BCUT2D eigenvalue weighted by atomic mass is 35.5. The van der Waals surface area contributed by atoms with Gasteiger partial charge in [-0.25, -0.2) is 12.8 Å². The Hall–Kier alpha value is -2.65. The van der Waals surface area contributed by atoms with Gasteiger partial charge in [0.15, 0.2) is 0 Å². The second-order valence-corrected chi connectivity index (χ2v) is 9.76. The van der Waals surface area contributed by atoms with Crippen LogP contribution in [0.5, 0.6) is 0 Å². The third-order valence-electron chi connectivity index (χ3n) is 4.90. The van der Waals surface area contributed by atoms with Crippen molar-refractivity contribution in [2.75, 3.05) is 23.7 Å². The molecule has 0 radical (unpaired) electrons. The van der Waals surface area contributed by atoms with E-state index in [9.17, 15) is 22.4 Å². The van der Waals surface area contributed by atoms with E-state index in [2.05, 4.69) is 5.32 Å². The van der Waals surface area contributed by atoms with Crippen LogP contribution in [-0.4, -0.2) is 50.5 Å². The molecule has 32 heavy (non-hydrogen) atoms. The molecule has 2 aromatic carbocycles. The van der Waals surface area contributed by atoms with E-state index in [1.165, 1.54) is 35.2 Å². The van der Waals surface area contributed by atoms with Crippen LogP contribution < -0.4 is 9.62 Å². The molecule has 10 heteroatoms. The second-order valence-electron chi connectivity index (χ2n) is 7.42. The van der Waals surface area contributed by atoms with Gasteiger partial charge in [0.2, 0.25) is 21.8 Å². The first kappa shape index (κ1) is 25.6. The van der Waals surface area contributed by atoms with Gasteiger partial charge >= 0.3 is 0 Å². The monoisotopic (exact) mass is 483 g/mol. The number of carbonyl (C=O) groups excluding carboxylic acids is 2. The van der Waals surface area contributed by atoms with E-state index < -0.39 is 34.3 Å². The average molecular weight is 484 g/mol. The molecule has 2 amide bonds. The lowest BCUT2D eigenvalue weighted by molar-refractivity contribution is -0.139. The van der Waals surface area contributed by atoms with Crippen molar-refractivity contribution in [2.45, 2.75) is 33.4 Å². The zero-order valence-corrected chi connectivity index (χ0v) is 20.0. The lowest BCUT2D eigenvalue weighted by atomic mass is 10.1. The Morgan fingerprint density at radius 3 is 2.34 bits per heavy atom. The molecule has 0 aliphatic heterocycles. The van der Waals surface area contributed by atoms with E-state index in [0.717, 1.165) is 10.6 Å². The quantitative estimate of drug-likeness (QED) is 0.593. The maximum absolute atomic E-state index is 13.3. The van der Waals surface area contributed by atoms with Crippen LogP contribution >= 0.6 is 11.6 Å². The first-order valence-electron chi connectivity index (χ1n) is 9.99. The van der Waals surface area contributed by atoms with Crippen molar-refractivity contribution in [1.29, 1.82) is 0 Å². The summed E-state index contributed by atoms with van der Waals surface area (Å²) in [4.78, 5) is 27.1. The van der Waals surface area contributed by atoms with Crippen molar-refractivity contribution in [1.82, 2.24) is 10.2 Å². The number of rotatable bonds is 9. The van der Waals surface area contributed by atoms with Crippen molar-refractivity contribution in [2.24, 2.45) is 0 Å². The highest BCUT2D eigenvalue weighted by molar-refractivity contribution is 7.92. The van der Waals surface area contributed by atoms with Crippen LogP contribution in [0.3, 0.4) is 0 Å². The van der Waals surface area contributed by atoms with Crippen molar-refractivity contribution >= 4 is 39.1 Å². The van der Waals surface area contributed by atoms with Crippen molar-refractivity contribution in [3.63, 3.8) is 0 Å². The van der Waals surface area contributed by atoms with E-state index in [1.54, 1.807) is 32.9 Å². The predicted molar refractivity (Wildman–Crippen MR) is 123 cm³/mol. The third-order valence-corrected chi connectivity index (χ3v) is 6.27. The van der Waals surface area contributed by atoms with Crippen molar-refractivity contribution in [3.05, 3.63) is 64.4 Å². The Labute approximate surface area is 193 Å². The Bertz CT molecular complexity index is 1080. The SMILES string of the molecule is CCNC(=O)C(C)N(Cc1ccc(F)cc1)C(=O)CN(c1cc(Cl)ccc1C)S(C)(=O)=O. The summed E-state index contributed by atoms with van der Waals surface area (Å²) in [6.07, 6.45) is 0.998. The molecule has 0 bridgehead atoms. The highest BCUT2D eigenvalue weighted by Gasteiger charge is 2.30. The maximum Gasteiger partial charge on any atom is 0.244 e. The summed E-state index contributed by atoms with van der Waals surface area (Å²) in [5, 5.41) is 2.99. The lowest BCUT2D eigenvalue weighted by Gasteiger charge is -2.32. The Kier molecular flexibility index (Phi) is 8.63. The molecule has 0 saturated carbocycles. The van der Waals surface area contributed by atoms with Gasteiger partial charge in [-0.05, 0) is 56.2 Å². The molecular formula is C22H27ClFN3O4S. The molecule has 1 unspecified atom stereocenters. The molecule has 0 aliphatic rings. The van der Waals surface area contributed by atoms with E-state index in [0.29, 0.717) is 22.7 Å². The zero-order chi connectivity index (χ0) is 24.1. The molecule has 0 aliphatic carbocycles. The number of hydrogen-bond donors (Lipinski definition) is 1. The Morgan fingerprint density at radius 2 is 1.78 bits per heavy atom. The number of hydrogen-bond acceptors (Lipinski definition) is 4. The summed E-state index contributed by atoms with van der Waals surface area (Å²) in [5.74, 6) is -1.39. The van der Waals surface area contributed by atoms with Gasteiger partial charge in [0.05, 0.1) is 11.9 Å². The molecule has 0 fully saturated rings. The third kappa shape index (κ3) is 6.67. The summed E-state index contributed by atoms with van der Waals surface area (Å²) >= 11 is 6.06. The molecule has 1 N–H and O–H groups in total. The van der Waals surface area contributed by atoms with Crippen LogP contribution in [-0.2, 0) is 26.2 Å². The number of aryl methyl sites for hydroxylation is 1.